The maximum absolute atomic E-state index is 2.18. The van der Waals surface area contributed by atoms with Crippen LogP contribution >= 0.6 is 0 Å². The summed E-state index contributed by atoms with van der Waals surface area (Å²) >= 11 is 0. The van der Waals surface area contributed by atoms with Crippen LogP contribution in [0.1, 0.15) is 22.3 Å². The fraction of sp³-hybridized carbons (Fsp3) is 0.154. The van der Waals surface area contributed by atoms with Crippen LogP contribution in [0.2, 0.25) is 0 Å². The van der Waals surface area contributed by atoms with Crippen molar-refractivity contribution < 1.29 is 51.0 Å². The molecule has 0 radical (unpaired) electrons. The monoisotopic (exact) mass is 498 g/mol. The molecule has 0 atom stereocenters. The van der Waals surface area contributed by atoms with Gasteiger partial charge in [0.15, 0.2) is 0 Å². The Bertz CT molecular complexity index is 913. The molecule has 0 fully saturated rings. The summed E-state index contributed by atoms with van der Waals surface area (Å²) in [6.45, 7) is 8.62. The summed E-state index contributed by atoms with van der Waals surface area (Å²) < 4.78 is 0. The van der Waals surface area contributed by atoms with Gasteiger partial charge in [0, 0.05) is 0 Å². The van der Waals surface area contributed by atoms with Gasteiger partial charge in [0.05, 0.1) is 0 Å². The Hall–Kier alpha value is -1.40. The van der Waals surface area contributed by atoms with Gasteiger partial charge in [-0.25, -0.2) is 0 Å². The average Bonchev–Trinajstić information content (AvgIpc) is 3.25. The molecule has 0 N–H and O–H groups in total. The van der Waals surface area contributed by atoms with Crippen molar-refractivity contribution in [1.82, 2.24) is 0 Å². The number of benzene rings is 2. The van der Waals surface area contributed by atoms with E-state index in [1.807, 2.05) is 0 Å². The van der Waals surface area contributed by atoms with Crippen molar-refractivity contribution in [3.63, 3.8) is 0 Å². The molecule has 0 nitrogen and oxygen atoms in total. The van der Waals surface area contributed by atoms with E-state index in [0.29, 0.717) is 0 Å². The molecule has 0 heterocycles. The molecule has 3 heteroatoms. The first-order valence-corrected chi connectivity index (χ1v) is 9.14. The van der Waals surface area contributed by atoms with Gasteiger partial charge in [-0.15, -0.1) is 69.8 Å². The zero-order valence-corrected chi connectivity index (χ0v) is 21.3. The molecule has 148 valence electrons. The number of hydrogen-bond donors (Lipinski definition) is 0. The van der Waals surface area contributed by atoms with E-state index in [-0.39, 0.29) is 51.0 Å². The van der Waals surface area contributed by atoms with Crippen molar-refractivity contribution >= 4 is 0 Å². The summed E-state index contributed by atoms with van der Waals surface area (Å²) in [4.78, 5) is 0. The van der Waals surface area contributed by atoms with Gasteiger partial charge in [0.1, 0.15) is 0 Å². The fourth-order valence-corrected chi connectivity index (χ4v) is 3.37. The van der Waals surface area contributed by atoms with Crippen LogP contribution in [0.3, 0.4) is 0 Å². The van der Waals surface area contributed by atoms with E-state index >= 15 is 0 Å². The molecule has 0 unspecified atom stereocenters. The van der Waals surface area contributed by atoms with Gasteiger partial charge < -0.3 is 24.8 Å². The Balaban J connectivity index is 0.000000490. The predicted octanol–water partition coefficient (Wildman–Crippen LogP) is 1.38. The maximum atomic E-state index is 2.18. The van der Waals surface area contributed by atoms with Crippen molar-refractivity contribution in [3.05, 3.63) is 107 Å². The van der Waals surface area contributed by atoms with Crippen LogP contribution < -0.4 is 24.8 Å². The molecule has 0 aliphatic heterocycles. The fourth-order valence-electron chi connectivity index (χ4n) is 3.37. The SMILES string of the molecule is Cc1ccccc1-[c-]1cccc1C.Cc1ccccc1-[c-]1cccc1C.[Cl-].[Cl-].[Zr+4]. The van der Waals surface area contributed by atoms with Crippen LogP contribution in [0.15, 0.2) is 84.9 Å². The minimum Gasteiger partial charge on any atom is -1.00 e. The summed E-state index contributed by atoms with van der Waals surface area (Å²) in [7, 11) is 0. The molecule has 0 aliphatic rings. The minimum atomic E-state index is 0. The Kier molecular flexibility index (Phi) is 12.4. The Labute approximate surface area is 207 Å². The molecule has 4 aromatic rings. The summed E-state index contributed by atoms with van der Waals surface area (Å²) in [6, 6.07) is 29.9. The van der Waals surface area contributed by atoms with Crippen LogP contribution in [0.4, 0.5) is 0 Å². The molecular weight excluding hydrogens is 474 g/mol. The van der Waals surface area contributed by atoms with Crippen molar-refractivity contribution in [3.8, 4) is 22.3 Å². The first-order chi connectivity index (χ1) is 12.6. The first kappa shape index (κ1) is 27.6. The first-order valence-electron chi connectivity index (χ1n) is 9.14. The van der Waals surface area contributed by atoms with Crippen LogP contribution in [-0.4, -0.2) is 0 Å². The number of aryl methyl sites for hydroxylation is 4. The zero-order valence-electron chi connectivity index (χ0n) is 17.3. The van der Waals surface area contributed by atoms with Crippen molar-refractivity contribution in [2.24, 2.45) is 0 Å². The zero-order chi connectivity index (χ0) is 18.5. The quantitative estimate of drug-likeness (QED) is 0.365. The van der Waals surface area contributed by atoms with E-state index in [9.17, 15) is 0 Å². The summed E-state index contributed by atoms with van der Waals surface area (Å²) in [5.41, 5.74) is 10.8. The van der Waals surface area contributed by atoms with Gasteiger partial charge in [-0.2, -0.15) is 12.1 Å². The predicted molar refractivity (Wildman–Crippen MR) is 114 cm³/mol. The molecular formula is C26H26Cl2Zr. The van der Waals surface area contributed by atoms with Gasteiger partial charge in [0.2, 0.25) is 0 Å². The van der Waals surface area contributed by atoms with E-state index in [4.69, 9.17) is 0 Å². The third kappa shape index (κ3) is 6.82. The van der Waals surface area contributed by atoms with E-state index in [0.717, 1.165) is 0 Å². The van der Waals surface area contributed by atoms with Gasteiger partial charge in [-0.1, -0.05) is 75.2 Å². The third-order valence-electron chi connectivity index (χ3n) is 4.94. The van der Waals surface area contributed by atoms with Crippen molar-refractivity contribution in [1.29, 1.82) is 0 Å². The van der Waals surface area contributed by atoms with Crippen LogP contribution in [0.25, 0.3) is 22.3 Å². The van der Waals surface area contributed by atoms with Crippen LogP contribution in [0, 0.1) is 27.7 Å². The van der Waals surface area contributed by atoms with E-state index in [1.165, 1.54) is 44.5 Å². The summed E-state index contributed by atoms with van der Waals surface area (Å²) in [6.07, 6.45) is 0. The molecule has 0 spiro atoms. The van der Waals surface area contributed by atoms with E-state index in [1.54, 1.807) is 0 Å². The van der Waals surface area contributed by atoms with Crippen LogP contribution in [-0.2, 0) is 26.2 Å². The van der Waals surface area contributed by atoms with Gasteiger partial charge in [-0.05, 0) is 0 Å². The Morgan fingerprint density at radius 2 is 0.828 bits per heavy atom. The molecule has 0 saturated heterocycles. The molecule has 29 heavy (non-hydrogen) atoms. The van der Waals surface area contributed by atoms with E-state index < -0.39 is 0 Å². The molecule has 0 bridgehead atoms. The number of halogens is 2. The van der Waals surface area contributed by atoms with Crippen molar-refractivity contribution in [2.45, 2.75) is 27.7 Å². The second-order valence-corrected chi connectivity index (χ2v) is 6.87. The van der Waals surface area contributed by atoms with Gasteiger partial charge >= 0.3 is 26.2 Å². The molecule has 0 aromatic heterocycles. The van der Waals surface area contributed by atoms with Crippen molar-refractivity contribution in [2.75, 3.05) is 0 Å². The third-order valence-corrected chi connectivity index (χ3v) is 4.94. The molecule has 0 saturated carbocycles. The normalized spacial score (nSPS) is 9.24. The average molecular weight is 501 g/mol. The second-order valence-electron chi connectivity index (χ2n) is 6.87. The number of hydrogen-bond acceptors (Lipinski definition) is 0. The van der Waals surface area contributed by atoms with E-state index in [2.05, 4.69) is 113 Å². The van der Waals surface area contributed by atoms with Crippen LogP contribution in [0.5, 0.6) is 0 Å². The topological polar surface area (TPSA) is 0 Å². The summed E-state index contributed by atoms with van der Waals surface area (Å²) in [5, 5.41) is 0. The second kappa shape index (κ2) is 13.0. The molecule has 0 aliphatic carbocycles. The maximum Gasteiger partial charge on any atom is 4.00 e. The molecule has 4 aromatic carbocycles. The molecule has 4 rings (SSSR count). The smallest absolute Gasteiger partial charge is 1.00 e. The molecule has 0 amide bonds. The standard InChI is InChI=1S/2C13H13.2ClH.Zr/c2*1-10-6-3-4-8-12(10)13-9-5-7-11(13)2;;;/h2*3-9H,1-2H3;2*1H;/q2*-1;;;+4/p-2. The number of rotatable bonds is 2. The van der Waals surface area contributed by atoms with Gasteiger partial charge in [-0.3, -0.25) is 0 Å². The summed E-state index contributed by atoms with van der Waals surface area (Å²) in [5.74, 6) is 0. The minimum absolute atomic E-state index is 0. The Morgan fingerprint density at radius 1 is 0.483 bits per heavy atom. The Morgan fingerprint density at radius 3 is 1.10 bits per heavy atom. The van der Waals surface area contributed by atoms with Gasteiger partial charge in [0.25, 0.3) is 0 Å². The largest absolute Gasteiger partial charge is 4.00 e.